The Morgan fingerprint density at radius 1 is 1.10 bits per heavy atom. The van der Waals surface area contributed by atoms with Gasteiger partial charge in [0.2, 0.25) is 10.0 Å². The van der Waals surface area contributed by atoms with E-state index in [1.165, 1.54) is 33.8 Å². The summed E-state index contributed by atoms with van der Waals surface area (Å²) in [7, 11) is -3.92. The molecule has 6 nitrogen and oxygen atoms in total. The zero-order chi connectivity index (χ0) is 21.8. The minimum atomic E-state index is -3.92. The number of rotatable bonds is 6. The van der Waals surface area contributed by atoms with E-state index in [-0.39, 0.29) is 36.5 Å². The van der Waals surface area contributed by atoms with E-state index in [0.717, 1.165) is 16.6 Å². The summed E-state index contributed by atoms with van der Waals surface area (Å²) in [5.41, 5.74) is 1.69. The molecule has 0 radical (unpaired) electrons. The SMILES string of the molecule is O=C(OCc1csc(-c2ccccc2)n1)C1CCN(S(=O)(=O)c2ccccc2F)CC1. The Labute approximate surface area is 184 Å². The van der Waals surface area contributed by atoms with Crippen molar-refractivity contribution < 1.29 is 22.3 Å². The summed E-state index contributed by atoms with van der Waals surface area (Å²) in [6.45, 7) is 0.368. The lowest BCUT2D eigenvalue weighted by Crippen LogP contribution is -2.40. The highest BCUT2D eigenvalue weighted by Gasteiger charge is 2.34. The Bertz CT molecular complexity index is 1160. The van der Waals surface area contributed by atoms with E-state index >= 15 is 0 Å². The molecular weight excluding hydrogens is 439 g/mol. The summed E-state index contributed by atoms with van der Waals surface area (Å²) in [4.78, 5) is 16.6. The van der Waals surface area contributed by atoms with Crippen molar-refractivity contribution in [2.75, 3.05) is 13.1 Å². The maximum atomic E-state index is 13.9. The molecule has 162 valence electrons. The molecule has 1 aliphatic rings. The summed E-state index contributed by atoms with van der Waals surface area (Å²) in [6.07, 6.45) is 0.664. The van der Waals surface area contributed by atoms with Crippen LogP contribution in [0.5, 0.6) is 0 Å². The molecule has 31 heavy (non-hydrogen) atoms. The third kappa shape index (κ3) is 4.84. The van der Waals surface area contributed by atoms with E-state index in [1.54, 1.807) is 0 Å². The van der Waals surface area contributed by atoms with E-state index in [0.29, 0.717) is 18.5 Å². The molecule has 0 atom stereocenters. The van der Waals surface area contributed by atoms with Crippen molar-refractivity contribution in [3.8, 4) is 10.6 Å². The van der Waals surface area contributed by atoms with E-state index < -0.39 is 15.8 Å². The number of hydrogen-bond acceptors (Lipinski definition) is 6. The third-order valence-corrected chi connectivity index (χ3v) is 8.05. The highest BCUT2D eigenvalue weighted by Crippen LogP contribution is 2.27. The number of carbonyl (C=O) groups is 1. The Hall–Kier alpha value is -2.62. The van der Waals surface area contributed by atoms with Crippen LogP contribution in [0.25, 0.3) is 10.6 Å². The third-order valence-electron chi connectivity index (χ3n) is 5.18. The second-order valence-corrected chi connectivity index (χ2v) is 9.99. The van der Waals surface area contributed by atoms with Crippen molar-refractivity contribution >= 4 is 27.3 Å². The van der Waals surface area contributed by atoms with Crippen molar-refractivity contribution in [1.29, 1.82) is 0 Å². The van der Waals surface area contributed by atoms with Gasteiger partial charge in [0.15, 0.2) is 0 Å². The normalized spacial score (nSPS) is 15.6. The van der Waals surface area contributed by atoms with Crippen LogP contribution in [0.15, 0.2) is 64.9 Å². The highest BCUT2D eigenvalue weighted by atomic mass is 32.2. The first-order chi connectivity index (χ1) is 14.9. The molecule has 1 aliphatic heterocycles. The van der Waals surface area contributed by atoms with Gasteiger partial charge in [-0.15, -0.1) is 11.3 Å². The smallest absolute Gasteiger partial charge is 0.309 e. The molecule has 2 aromatic carbocycles. The predicted molar refractivity (Wildman–Crippen MR) is 115 cm³/mol. The molecule has 0 bridgehead atoms. The largest absolute Gasteiger partial charge is 0.459 e. The summed E-state index contributed by atoms with van der Waals surface area (Å²) < 4.78 is 45.9. The number of ether oxygens (including phenoxy) is 1. The van der Waals surface area contributed by atoms with E-state index in [9.17, 15) is 17.6 Å². The fourth-order valence-electron chi connectivity index (χ4n) is 3.47. The molecule has 2 heterocycles. The molecule has 1 fully saturated rings. The van der Waals surface area contributed by atoms with Gasteiger partial charge in [-0.2, -0.15) is 4.31 Å². The average Bonchev–Trinajstić information content (AvgIpc) is 3.27. The van der Waals surface area contributed by atoms with Crippen molar-refractivity contribution in [2.45, 2.75) is 24.3 Å². The Morgan fingerprint density at radius 2 is 1.77 bits per heavy atom. The van der Waals surface area contributed by atoms with Crippen LogP contribution in [0.4, 0.5) is 4.39 Å². The summed E-state index contributed by atoms with van der Waals surface area (Å²) >= 11 is 1.49. The number of hydrogen-bond donors (Lipinski definition) is 0. The van der Waals surface area contributed by atoms with Crippen molar-refractivity contribution in [2.24, 2.45) is 5.92 Å². The zero-order valence-corrected chi connectivity index (χ0v) is 18.2. The second-order valence-electron chi connectivity index (χ2n) is 7.23. The van der Waals surface area contributed by atoms with Crippen LogP contribution >= 0.6 is 11.3 Å². The second kappa shape index (κ2) is 9.25. The first kappa shape index (κ1) is 21.6. The molecule has 0 unspecified atom stereocenters. The number of sulfonamides is 1. The van der Waals surface area contributed by atoms with Gasteiger partial charge in [-0.3, -0.25) is 4.79 Å². The van der Waals surface area contributed by atoms with Crippen molar-refractivity contribution in [3.63, 3.8) is 0 Å². The maximum absolute atomic E-state index is 13.9. The van der Waals surface area contributed by atoms with Gasteiger partial charge >= 0.3 is 5.97 Å². The van der Waals surface area contributed by atoms with Gasteiger partial charge in [-0.05, 0) is 25.0 Å². The van der Waals surface area contributed by atoms with Gasteiger partial charge in [-0.1, -0.05) is 42.5 Å². The van der Waals surface area contributed by atoms with E-state index in [2.05, 4.69) is 4.98 Å². The minimum absolute atomic E-state index is 0.0793. The molecule has 0 saturated carbocycles. The fraction of sp³-hybridized carbons (Fsp3) is 0.273. The number of thiazole rings is 1. The molecule has 0 spiro atoms. The lowest BCUT2D eigenvalue weighted by atomic mass is 9.98. The van der Waals surface area contributed by atoms with Crippen LogP contribution in [0, 0.1) is 11.7 Å². The molecular formula is C22H21FN2O4S2. The van der Waals surface area contributed by atoms with Crippen molar-refractivity contribution in [1.82, 2.24) is 9.29 Å². The molecule has 3 aromatic rings. The molecule has 1 saturated heterocycles. The molecule has 1 aromatic heterocycles. The average molecular weight is 461 g/mol. The van der Waals surface area contributed by atoms with Gasteiger partial charge in [0.1, 0.15) is 22.3 Å². The minimum Gasteiger partial charge on any atom is -0.459 e. The van der Waals surface area contributed by atoms with Gasteiger partial charge in [0, 0.05) is 24.0 Å². The summed E-state index contributed by atoms with van der Waals surface area (Å²) in [6, 6.07) is 15.1. The number of halogens is 1. The van der Waals surface area contributed by atoms with Crippen molar-refractivity contribution in [3.05, 3.63) is 71.5 Å². The standard InChI is InChI=1S/C22H21FN2O4S2/c23-19-8-4-5-9-20(19)31(27,28)25-12-10-17(11-13-25)22(26)29-14-18-15-30-21(24-18)16-6-2-1-3-7-16/h1-9,15,17H,10-14H2. The number of carbonyl (C=O) groups excluding carboxylic acids is 1. The zero-order valence-electron chi connectivity index (χ0n) is 16.6. The number of nitrogens with zero attached hydrogens (tertiary/aromatic N) is 2. The summed E-state index contributed by atoms with van der Waals surface area (Å²) in [5, 5.41) is 2.72. The van der Waals surface area contributed by atoms with Crippen LogP contribution in [0.3, 0.4) is 0 Å². The number of aromatic nitrogens is 1. The first-order valence-corrected chi connectivity index (χ1v) is 12.2. The van der Waals surface area contributed by atoms with E-state index in [1.807, 2.05) is 35.7 Å². The van der Waals surface area contributed by atoms with E-state index in [4.69, 9.17) is 4.74 Å². The quantitative estimate of drug-likeness (QED) is 0.518. The van der Waals surface area contributed by atoms with Gasteiger partial charge in [0.05, 0.1) is 11.6 Å². The predicted octanol–water partition coefficient (Wildman–Crippen LogP) is 4.09. The van der Waals surface area contributed by atoms with Crippen LogP contribution in [0.2, 0.25) is 0 Å². The topological polar surface area (TPSA) is 76.6 Å². The molecule has 0 aliphatic carbocycles. The highest BCUT2D eigenvalue weighted by molar-refractivity contribution is 7.89. The first-order valence-electron chi connectivity index (χ1n) is 9.86. The molecule has 9 heteroatoms. The lowest BCUT2D eigenvalue weighted by molar-refractivity contribution is -0.151. The van der Waals surface area contributed by atoms with Gasteiger partial charge in [0.25, 0.3) is 0 Å². The number of esters is 1. The maximum Gasteiger partial charge on any atom is 0.309 e. The Morgan fingerprint density at radius 3 is 2.48 bits per heavy atom. The van der Waals surface area contributed by atoms with Crippen LogP contribution in [0.1, 0.15) is 18.5 Å². The van der Waals surface area contributed by atoms with Crippen LogP contribution in [-0.4, -0.2) is 36.8 Å². The monoisotopic (exact) mass is 460 g/mol. The molecule has 0 N–H and O–H groups in total. The van der Waals surface area contributed by atoms with Crippen LogP contribution in [-0.2, 0) is 26.2 Å². The lowest BCUT2D eigenvalue weighted by Gasteiger charge is -2.30. The Kier molecular flexibility index (Phi) is 6.45. The van der Waals surface area contributed by atoms with Gasteiger partial charge < -0.3 is 4.74 Å². The fourth-order valence-corrected chi connectivity index (χ4v) is 5.82. The summed E-state index contributed by atoms with van der Waals surface area (Å²) in [5.74, 6) is -1.53. The number of piperidine rings is 1. The molecule has 4 rings (SSSR count). The van der Waals surface area contributed by atoms with Crippen LogP contribution < -0.4 is 0 Å². The Balaban J connectivity index is 1.31. The number of benzene rings is 2. The molecule has 0 amide bonds. The van der Waals surface area contributed by atoms with Gasteiger partial charge in [-0.25, -0.2) is 17.8 Å².